The van der Waals surface area contributed by atoms with E-state index in [9.17, 15) is 9.59 Å². The second-order valence-electron chi connectivity index (χ2n) is 7.74. The number of hydrogen-bond donors (Lipinski definition) is 0. The summed E-state index contributed by atoms with van der Waals surface area (Å²) in [4.78, 5) is 30.4. The average molecular weight is 399 g/mol. The highest BCUT2D eigenvalue weighted by Gasteiger charge is 2.25. The van der Waals surface area contributed by atoms with E-state index in [1.165, 1.54) is 11.1 Å². The van der Waals surface area contributed by atoms with Crippen LogP contribution >= 0.6 is 0 Å². The monoisotopic (exact) mass is 398 g/mol. The zero-order chi connectivity index (χ0) is 20.9. The van der Waals surface area contributed by atoms with Crippen molar-refractivity contribution < 1.29 is 9.59 Å². The van der Waals surface area contributed by atoms with E-state index in [1.807, 2.05) is 35.2 Å². The number of piperazine rings is 1. The second-order valence-corrected chi connectivity index (χ2v) is 7.74. The van der Waals surface area contributed by atoms with E-state index in [4.69, 9.17) is 0 Å². The van der Waals surface area contributed by atoms with Gasteiger partial charge in [0.1, 0.15) is 0 Å². The molecule has 0 bridgehead atoms. The van der Waals surface area contributed by atoms with Crippen molar-refractivity contribution in [3.63, 3.8) is 0 Å². The van der Waals surface area contributed by atoms with Crippen LogP contribution in [0.3, 0.4) is 0 Å². The maximum atomic E-state index is 13.2. The van der Waals surface area contributed by atoms with Crippen LogP contribution in [0.4, 0.5) is 0 Å². The Morgan fingerprint density at radius 3 is 2.03 bits per heavy atom. The number of carbonyl (C=O) groups is 2. The first-order valence-corrected chi connectivity index (χ1v) is 10.4. The molecule has 0 unspecified atom stereocenters. The molecule has 4 rings (SSSR count). The zero-order valence-electron chi connectivity index (χ0n) is 17.3. The highest BCUT2D eigenvalue weighted by Crippen LogP contribution is 2.19. The summed E-state index contributed by atoms with van der Waals surface area (Å²) in [5.74, 6) is -0.178. The van der Waals surface area contributed by atoms with E-state index < -0.39 is 0 Å². The molecule has 1 aliphatic heterocycles. The van der Waals surface area contributed by atoms with Gasteiger partial charge in [0.05, 0.1) is 5.56 Å². The predicted molar refractivity (Wildman–Crippen MR) is 119 cm³/mol. The van der Waals surface area contributed by atoms with E-state index in [0.717, 1.165) is 19.6 Å². The van der Waals surface area contributed by atoms with Crippen LogP contribution in [0.15, 0.2) is 78.9 Å². The molecular formula is C26H26N2O2. The smallest absolute Gasteiger partial charge is 0.254 e. The van der Waals surface area contributed by atoms with Crippen LogP contribution in [0.25, 0.3) is 0 Å². The Balaban J connectivity index is 1.45. The van der Waals surface area contributed by atoms with Gasteiger partial charge in [-0.05, 0) is 24.1 Å². The SMILES string of the molecule is Cc1ccccc1CN1CCN(C(=O)c2ccccc2C(=O)c2ccccc2)CC1. The number of hydrogen-bond acceptors (Lipinski definition) is 3. The van der Waals surface area contributed by atoms with Gasteiger partial charge in [0.25, 0.3) is 5.91 Å². The molecule has 1 saturated heterocycles. The zero-order valence-corrected chi connectivity index (χ0v) is 17.3. The van der Waals surface area contributed by atoms with Crippen molar-refractivity contribution in [3.05, 3.63) is 107 Å². The normalized spacial score (nSPS) is 14.5. The van der Waals surface area contributed by atoms with Gasteiger partial charge in [-0.25, -0.2) is 0 Å². The van der Waals surface area contributed by atoms with Gasteiger partial charge in [0.2, 0.25) is 0 Å². The summed E-state index contributed by atoms with van der Waals surface area (Å²) in [6.07, 6.45) is 0. The average Bonchev–Trinajstić information content (AvgIpc) is 2.81. The number of ketones is 1. The van der Waals surface area contributed by atoms with Gasteiger partial charge in [-0.2, -0.15) is 0 Å². The van der Waals surface area contributed by atoms with Crippen LogP contribution in [0.1, 0.15) is 37.4 Å². The van der Waals surface area contributed by atoms with Crippen molar-refractivity contribution in [2.24, 2.45) is 0 Å². The molecule has 1 heterocycles. The van der Waals surface area contributed by atoms with Crippen LogP contribution in [-0.2, 0) is 6.54 Å². The van der Waals surface area contributed by atoms with Crippen molar-refractivity contribution in [2.75, 3.05) is 26.2 Å². The summed E-state index contributed by atoms with van der Waals surface area (Å²) in [5.41, 5.74) is 4.18. The van der Waals surface area contributed by atoms with Crippen LogP contribution in [0, 0.1) is 6.92 Å². The second kappa shape index (κ2) is 9.06. The van der Waals surface area contributed by atoms with Gasteiger partial charge in [-0.3, -0.25) is 14.5 Å². The largest absolute Gasteiger partial charge is 0.336 e. The third-order valence-corrected chi connectivity index (χ3v) is 5.75. The number of nitrogens with zero attached hydrogens (tertiary/aromatic N) is 2. The molecule has 0 saturated carbocycles. The first-order valence-electron chi connectivity index (χ1n) is 10.4. The fourth-order valence-electron chi connectivity index (χ4n) is 3.92. The highest BCUT2D eigenvalue weighted by molar-refractivity contribution is 6.15. The van der Waals surface area contributed by atoms with Crippen molar-refractivity contribution in [3.8, 4) is 0 Å². The third-order valence-electron chi connectivity index (χ3n) is 5.75. The van der Waals surface area contributed by atoms with Gasteiger partial charge in [-0.15, -0.1) is 0 Å². The summed E-state index contributed by atoms with van der Waals surface area (Å²) in [5, 5.41) is 0. The first-order chi connectivity index (χ1) is 14.6. The van der Waals surface area contributed by atoms with Gasteiger partial charge < -0.3 is 4.90 Å². The lowest BCUT2D eigenvalue weighted by Crippen LogP contribution is -2.48. The van der Waals surface area contributed by atoms with Crippen molar-refractivity contribution >= 4 is 11.7 Å². The highest BCUT2D eigenvalue weighted by atomic mass is 16.2. The summed E-state index contributed by atoms with van der Waals surface area (Å²) < 4.78 is 0. The lowest BCUT2D eigenvalue weighted by atomic mass is 9.97. The number of carbonyl (C=O) groups excluding carboxylic acids is 2. The van der Waals surface area contributed by atoms with Crippen molar-refractivity contribution in [2.45, 2.75) is 13.5 Å². The Morgan fingerprint density at radius 2 is 1.33 bits per heavy atom. The summed E-state index contributed by atoms with van der Waals surface area (Å²) in [6.45, 7) is 6.02. The first kappa shape index (κ1) is 20.0. The lowest BCUT2D eigenvalue weighted by Gasteiger charge is -2.35. The fraction of sp³-hybridized carbons (Fsp3) is 0.231. The predicted octanol–water partition coefficient (Wildman–Crippen LogP) is 4.18. The Labute approximate surface area is 177 Å². The maximum Gasteiger partial charge on any atom is 0.254 e. The summed E-state index contributed by atoms with van der Waals surface area (Å²) in [6, 6.07) is 24.7. The summed E-state index contributed by atoms with van der Waals surface area (Å²) >= 11 is 0. The number of aryl methyl sites for hydroxylation is 1. The molecule has 152 valence electrons. The molecule has 0 radical (unpaired) electrons. The molecular weight excluding hydrogens is 372 g/mol. The number of amides is 1. The van der Waals surface area contributed by atoms with Crippen LogP contribution in [0.2, 0.25) is 0 Å². The Kier molecular flexibility index (Phi) is 6.05. The molecule has 3 aromatic carbocycles. The Hall–Kier alpha value is -3.24. The van der Waals surface area contributed by atoms with E-state index >= 15 is 0 Å². The molecule has 0 aliphatic carbocycles. The molecule has 0 atom stereocenters. The molecule has 30 heavy (non-hydrogen) atoms. The molecule has 0 spiro atoms. The Bertz CT molecular complexity index is 1040. The number of rotatable bonds is 5. The summed E-state index contributed by atoms with van der Waals surface area (Å²) in [7, 11) is 0. The minimum atomic E-state index is -0.113. The van der Waals surface area contributed by atoms with Gasteiger partial charge in [0, 0.05) is 43.9 Å². The topological polar surface area (TPSA) is 40.6 Å². The quantitative estimate of drug-likeness (QED) is 0.605. The maximum absolute atomic E-state index is 13.2. The van der Waals surface area contributed by atoms with E-state index in [2.05, 4.69) is 36.1 Å². The fourth-order valence-corrected chi connectivity index (χ4v) is 3.92. The van der Waals surface area contributed by atoms with Crippen LogP contribution in [-0.4, -0.2) is 47.7 Å². The van der Waals surface area contributed by atoms with E-state index in [0.29, 0.717) is 29.8 Å². The lowest BCUT2D eigenvalue weighted by molar-refractivity contribution is 0.0625. The molecule has 1 fully saturated rings. The minimum absolute atomic E-state index is 0.0644. The molecule has 1 amide bonds. The molecule has 0 aromatic heterocycles. The molecule has 3 aromatic rings. The molecule has 4 heteroatoms. The van der Waals surface area contributed by atoms with Gasteiger partial charge >= 0.3 is 0 Å². The third kappa shape index (κ3) is 4.34. The van der Waals surface area contributed by atoms with Crippen LogP contribution < -0.4 is 0 Å². The standard InChI is InChI=1S/C26H26N2O2/c1-20-9-5-6-12-22(20)19-27-15-17-28(18-16-27)26(30)24-14-8-7-13-23(24)25(29)21-10-3-2-4-11-21/h2-14H,15-19H2,1H3. The molecule has 4 nitrogen and oxygen atoms in total. The van der Waals surface area contributed by atoms with Crippen LogP contribution in [0.5, 0.6) is 0 Å². The van der Waals surface area contributed by atoms with E-state index in [1.54, 1.807) is 24.3 Å². The van der Waals surface area contributed by atoms with Gasteiger partial charge in [-0.1, -0.05) is 72.8 Å². The van der Waals surface area contributed by atoms with Crippen molar-refractivity contribution in [1.29, 1.82) is 0 Å². The van der Waals surface area contributed by atoms with E-state index in [-0.39, 0.29) is 11.7 Å². The minimum Gasteiger partial charge on any atom is -0.336 e. The number of benzene rings is 3. The Morgan fingerprint density at radius 1 is 0.733 bits per heavy atom. The van der Waals surface area contributed by atoms with Crippen molar-refractivity contribution in [1.82, 2.24) is 9.80 Å². The van der Waals surface area contributed by atoms with Gasteiger partial charge in [0.15, 0.2) is 5.78 Å². The molecule has 1 aliphatic rings. The molecule has 0 N–H and O–H groups in total.